The minimum atomic E-state index is -1.10. The summed E-state index contributed by atoms with van der Waals surface area (Å²) in [7, 11) is 0. The Labute approximate surface area is 101 Å². The van der Waals surface area contributed by atoms with Crippen molar-refractivity contribution in [3.05, 3.63) is 47.3 Å². The van der Waals surface area contributed by atoms with Gasteiger partial charge in [-0.25, -0.2) is 9.18 Å². The summed E-state index contributed by atoms with van der Waals surface area (Å²) in [5, 5.41) is 9.16. The third kappa shape index (κ3) is 3.98. The number of alkyl halides is 1. The summed E-state index contributed by atoms with van der Waals surface area (Å²) in [6.07, 6.45) is 5.85. The van der Waals surface area contributed by atoms with E-state index >= 15 is 0 Å². The molecule has 0 amide bonds. The highest BCUT2D eigenvalue weighted by molar-refractivity contribution is 9.09. The maximum Gasteiger partial charge on any atom is 0.328 e. The number of hydrogen-bond acceptors (Lipinski definition) is 1. The molecule has 1 aromatic carbocycles. The first-order chi connectivity index (χ1) is 7.63. The van der Waals surface area contributed by atoms with Gasteiger partial charge in [0.05, 0.1) is 0 Å². The van der Waals surface area contributed by atoms with Crippen LogP contribution in [-0.4, -0.2) is 16.4 Å². The highest BCUT2D eigenvalue weighted by Crippen LogP contribution is 2.13. The summed E-state index contributed by atoms with van der Waals surface area (Å²) in [5.74, 6) is -1.53. The molecule has 84 valence electrons. The Balaban J connectivity index is 2.99. The number of aliphatic carboxylic acids is 1. The summed E-state index contributed by atoms with van der Waals surface area (Å²) in [6, 6.07) is 4.54. The molecule has 4 heteroatoms. The van der Waals surface area contributed by atoms with Crippen LogP contribution in [0.15, 0.2) is 30.4 Å². The van der Waals surface area contributed by atoms with Crippen LogP contribution in [0.4, 0.5) is 4.39 Å². The average Bonchev–Trinajstić information content (AvgIpc) is 2.26. The summed E-state index contributed by atoms with van der Waals surface area (Å²) < 4.78 is 13.3. The van der Waals surface area contributed by atoms with E-state index in [1.54, 1.807) is 12.1 Å². The zero-order chi connectivity index (χ0) is 12.0. The first-order valence-electron chi connectivity index (χ1n) is 4.56. The van der Waals surface area contributed by atoms with Crippen LogP contribution in [0, 0.1) is 5.82 Å². The fourth-order valence-electron chi connectivity index (χ4n) is 1.14. The van der Waals surface area contributed by atoms with Gasteiger partial charge in [-0.3, -0.25) is 0 Å². The zero-order valence-corrected chi connectivity index (χ0v) is 9.95. The zero-order valence-electron chi connectivity index (χ0n) is 8.36. The van der Waals surface area contributed by atoms with Gasteiger partial charge < -0.3 is 5.11 Å². The highest BCUT2D eigenvalue weighted by Gasteiger charge is 1.99. The lowest BCUT2D eigenvalue weighted by molar-refractivity contribution is -0.131. The number of carboxylic acids is 1. The minimum Gasteiger partial charge on any atom is -0.478 e. The van der Waals surface area contributed by atoms with Crippen molar-refractivity contribution in [2.75, 3.05) is 5.33 Å². The molecular weight excluding hydrogens is 275 g/mol. The predicted molar refractivity (Wildman–Crippen MR) is 65.9 cm³/mol. The molecule has 0 aromatic heterocycles. The Morgan fingerprint density at radius 1 is 1.44 bits per heavy atom. The number of carbonyl (C=O) groups is 1. The molecule has 0 aliphatic heterocycles. The van der Waals surface area contributed by atoms with Gasteiger partial charge in [-0.1, -0.05) is 34.1 Å². The van der Waals surface area contributed by atoms with E-state index in [-0.39, 0.29) is 5.56 Å². The van der Waals surface area contributed by atoms with Gasteiger partial charge >= 0.3 is 5.97 Å². The van der Waals surface area contributed by atoms with E-state index in [1.807, 2.05) is 12.2 Å². The molecule has 0 aliphatic carbocycles. The molecule has 0 fully saturated rings. The quantitative estimate of drug-likeness (QED) is 0.680. The van der Waals surface area contributed by atoms with Crippen LogP contribution in [-0.2, 0) is 4.79 Å². The lowest BCUT2D eigenvalue weighted by Gasteiger charge is -1.98. The van der Waals surface area contributed by atoms with Crippen molar-refractivity contribution in [3.8, 4) is 0 Å². The standard InChI is InChI=1S/C12H10BrFO2/c13-7-1-2-9-3-5-11(14)10(8-9)4-6-12(15)16/h1-6,8H,7H2,(H,15,16)/b2-1?,6-4+. The van der Waals surface area contributed by atoms with Gasteiger partial charge in [-0.15, -0.1) is 0 Å². The van der Waals surface area contributed by atoms with Crippen LogP contribution >= 0.6 is 15.9 Å². The second-order valence-electron chi connectivity index (χ2n) is 3.01. The smallest absolute Gasteiger partial charge is 0.328 e. The highest BCUT2D eigenvalue weighted by atomic mass is 79.9. The maximum absolute atomic E-state index is 13.3. The van der Waals surface area contributed by atoms with Crippen LogP contribution in [0.2, 0.25) is 0 Å². The predicted octanol–water partition coefficient (Wildman–Crippen LogP) is 3.33. The maximum atomic E-state index is 13.3. The first kappa shape index (κ1) is 12.6. The van der Waals surface area contributed by atoms with Crippen LogP contribution in [0.1, 0.15) is 11.1 Å². The summed E-state index contributed by atoms with van der Waals surface area (Å²) in [6.45, 7) is 0. The molecule has 0 atom stereocenters. The van der Waals surface area contributed by atoms with Gasteiger partial charge in [-0.05, 0) is 23.8 Å². The minimum absolute atomic E-state index is 0.263. The van der Waals surface area contributed by atoms with E-state index in [2.05, 4.69) is 15.9 Å². The molecule has 0 saturated heterocycles. The number of hydrogen-bond donors (Lipinski definition) is 1. The SMILES string of the molecule is O=C(O)/C=C/c1cc(C=CCBr)ccc1F. The molecule has 1 rings (SSSR count). The molecule has 1 N–H and O–H groups in total. The largest absolute Gasteiger partial charge is 0.478 e. The molecule has 0 heterocycles. The Bertz CT molecular complexity index is 439. The van der Waals surface area contributed by atoms with Crippen LogP contribution < -0.4 is 0 Å². The molecule has 0 radical (unpaired) electrons. The van der Waals surface area contributed by atoms with E-state index in [1.165, 1.54) is 12.1 Å². The van der Waals surface area contributed by atoms with Crippen LogP contribution in [0.3, 0.4) is 0 Å². The fraction of sp³-hybridized carbons (Fsp3) is 0.0833. The monoisotopic (exact) mass is 284 g/mol. The van der Waals surface area contributed by atoms with Crippen molar-refractivity contribution < 1.29 is 14.3 Å². The van der Waals surface area contributed by atoms with Crippen molar-refractivity contribution in [1.29, 1.82) is 0 Å². The fourth-order valence-corrected chi connectivity index (χ4v) is 1.32. The van der Waals surface area contributed by atoms with E-state index < -0.39 is 11.8 Å². The molecule has 0 spiro atoms. The van der Waals surface area contributed by atoms with Crippen molar-refractivity contribution in [1.82, 2.24) is 0 Å². The average molecular weight is 285 g/mol. The van der Waals surface area contributed by atoms with E-state index in [0.717, 1.165) is 11.6 Å². The third-order valence-electron chi connectivity index (χ3n) is 1.82. The Hall–Kier alpha value is -1.42. The van der Waals surface area contributed by atoms with Gasteiger partial charge in [0.2, 0.25) is 0 Å². The van der Waals surface area contributed by atoms with E-state index in [0.29, 0.717) is 5.33 Å². The van der Waals surface area contributed by atoms with E-state index in [9.17, 15) is 9.18 Å². The molecule has 0 aliphatic rings. The first-order valence-corrected chi connectivity index (χ1v) is 5.68. The van der Waals surface area contributed by atoms with Gasteiger partial charge in [0.25, 0.3) is 0 Å². The van der Waals surface area contributed by atoms with Crippen molar-refractivity contribution in [2.45, 2.75) is 0 Å². The second kappa shape index (κ2) is 6.23. The second-order valence-corrected chi connectivity index (χ2v) is 3.66. The van der Waals surface area contributed by atoms with Gasteiger partial charge in [0.1, 0.15) is 5.82 Å². The van der Waals surface area contributed by atoms with Crippen LogP contribution in [0.25, 0.3) is 12.2 Å². The Kier molecular flexibility index (Phi) is 4.92. The molecule has 0 saturated carbocycles. The van der Waals surface area contributed by atoms with Crippen molar-refractivity contribution in [2.24, 2.45) is 0 Å². The number of benzene rings is 1. The molecule has 0 unspecified atom stereocenters. The van der Waals surface area contributed by atoms with Gasteiger partial charge in [-0.2, -0.15) is 0 Å². The normalized spacial score (nSPS) is 11.4. The summed E-state index contributed by atoms with van der Waals surface area (Å²) in [4.78, 5) is 10.3. The summed E-state index contributed by atoms with van der Waals surface area (Å²) >= 11 is 3.24. The Morgan fingerprint density at radius 3 is 2.81 bits per heavy atom. The number of rotatable bonds is 4. The van der Waals surface area contributed by atoms with Gasteiger partial charge in [0, 0.05) is 17.0 Å². The number of halogens is 2. The molecule has 0 bridgehead atoms. The van der Waals surface area contributed by atoms with Crippen LogP contribution in [0.5, 0.6) is 0 Å². The number of carboxylic acid groups (broad SMARTS) is 1. The molecular formula is C12H10BrFO2. The Morgan fingerprint density at radius 2 is 2.19 bits per heavy atom. The van der Waals surface area contributed by atoms with E-state index in [4.69, 9.17) is 5.11 Å². The lowest BCUT2D eigenvalue weighted by atomic mass is 10.1. The topological polar surface area (TPSA) is 37.3 Å². The number of allylic oxidation sites excluding steroid dienone is 1. The molecule has 16 heavy (non-hydrogen) atoms. The molecule has 2 nitrogen and oxygen atoms in total. The lowest BCUT2D eigenvalue weighted by Crippen LogP contribution is -1.88. The van der Waals surface area contributed by atoms with Gasteiger partial charge in [0.15, 0.2) is 0 Å². The summed E-state index contributed by atoms with van der Waals surface area (Å²) in [5.41, 5.74) is 1.09. The van der Waals surface area contributed by atoms with Crippen molar-refractivity contribution in [3.63, 3.8) is 0 Å². The van der Waals surface area contributed by atoms with Crippen molar-refractivity contribution >= 4 is 34.1 Å². The molecule has 1 aromatic rings. The third-order valence-corrected chi connectivity index (χ3v) is 2.20.